The van der Waals surface area contributed by atoms with Crippen LogP contribution in [-0.2, 0) is 4.74 Å². The van der Waals surface area contributed by atoms with E-state index in [1.165, 1.54) is 11.1 Å². The van der Waals surface area contributed by atoms with E-state index in [-0.39, 0.29) is 5.41 Å². The summed E-state index contributed by atoms with van der Waals surface area (Å²) >= 11 is 0. The zero-order valence-electron chi connectivity index (χ0n) is 9.77. The van der Waals surface area contributed by atoms with Gasteiger partial charge in [0.15, 0.2) is 0 Å². The summed E-state index contributed by atoms with van der Waals surface area (Å²) in [6.45, 7) is 11.5. The first-order valence-corrected chi connectivity index (χ1v) is 4.71. The van der Waals surface area contributed by atoms with Gasteiger partial charge in [-0.15, -0.1) is 0 Å². The van der Waals surface area contributed by atoms with E-state index in [1.807, 2.05) is 0 Å². The Bertz CT molecular complexity index is 205. The number of allylic oxidation sites excluding steroid dienone is 3. The van der Waals surface area contributed by atoms with Crippen molar-refractivity contribution in [1.29, 1.82) is 0 Å². The molecule has 0 heterocycles. The van der Waals surface area contributed by atoms with Crippen molar-refractivity contribution >= 4 is 0 Å². The quantitative estimate of drug-likeness (QED) is 0.604. The molecule has 0 aromatic heterocycles. The van der Waals surface area contributed by atoms with Crippen LogP contribution in [-0.4, -0.2) is 13.7 Å². The van der Waals surface area contributed by atoms with Crippen LogP contribution >= 0.6 is 0 Å². The third-order valence-electron chi connectivity index (χ3n) is 1.65. The summed E-state index contributed by atoms with van der Waals surface area (Å²) in [6.07, 6.45) is 4.45. The van der Waals surface area contributed by atoms with E-state index in [4.69, 9.17) is 4.74 Å². The van der Waals surface area contributed by atoms with E-state index >= 15 is 0 Å². The third kappa shape index (κ3) is 6.59. The van der Waals surface area contributed by atoms with Gasteiger partial charge in [-0.3, -0.25) is 0 Å². The summed E-state index contributed by atoms with van der Waals surface area (Å²) < 4.78 is 5.15. The van der Waals surface area contributed by atoms with Gasteiger partial charge in [0, 0.05) is 12.5 Å². The first-order valence-electron chi connectivity index (χ1n) is 4.71. The Morgan fingerprint density at radius 1 is 1.23 bits per heavy atom. The highest BCUT2D eigenvalue weighted by Crippen LogP contribution is 2.20. The van der Waals surface area contributed by atoms with Gasteiger partial charge in [0.2, 0.25) is 0 Å². The van der Waals surface area contributed by atoms with Crippen LogP contribution in [0.2, 0.25) is 0 Å². The van der Waals surface area contributed by atoms with Crippen LogP contribution in [0.1, 0.15) is 34.6 Å². The van der Waals surface area contributed by atoms with Crippen LogP contribution < -0.4 is 0 Å². The number of ether oxygens (including phenoxy) is 1. The van der Waals surface area contributed by atoms with Gasteiger partial charge >= 0.3 is 0 Å². The summed E-state index contributed by atoms with van der Waals surface area (Å²) in [4.78, 5) is 0. The normalized spacial score (nSPS) is 12.9. The van der Waals surface area contributed by atoms with Crippen LogP contribution in [0.5, 0.6) is 0 Å². The zero-order chi connectivity index (χ0) is 10.5. The van der Waals surface area contributed by atoms with Crippen molar-refractivity contribution in [2.45, 2.75) is 34.6 Å². The first-order chi connectivity index (χ1) is 5.87. The second kappa shape index (κ2) is 5.23. The molecule has 0 bridgehead atoms. The molecule has 1 heteroatoms. The fraction of sp³-hybridized carbons (Fsp3) is 0.667. The summed E-state index contributed by atoms with van der Waals surface area (Å²) in [7, 11) is 1.74. The van der Waals surface area contributed by atoms with Crippen LogP contribution in [0.15, 0.2) is 23.3 Å². The van der Waals surface area contributed by atoms with Gasteiger partial charge in [0.05, 0.1) is 6.61 Å². The van der Waals surface area contributed by atoms with Crippen molar-refractivity contribution in [2.24, 2.45) is 5.41 Å². The molecule has 0 aliphatic heterocycles. The molecule has 0 aliphatic carbocycles. The molecule has 0 rings (SSSR count). The highest BCUT2D eigenvalue weighted by atomic mass is 16.5. The van der Waals surface area contributed by atoms with E-state index in [9.17, 15) is 0 Å². The molecule has 0 radical (unpaired) electrons. The Kier molecular flexibility index (Phi) is 5.01. The minimum Gasteiger partial charge on any atom is -0.384 e. The maximum absolute atomic E-state index is 5.15. The van der Waals surface area contributed by atoms with Gasteiger partial charge in [-0.25, -0.2) is 0 Å². The lowest BCUT2D eigenvalue weighted by molar-refractivity contribution is 0.132. The molecular weight excluding hydrogens is 160 g/mol. The number of methoxy groups -OCH3 is 1. The predicted octanol–water partition coefficient (Wildman–Crippen LogP) is 3.57. The van der Waals surface area contributed by atoms with Crippen LogP contribution in [0.4, 0.5) is 0 Å². The molecule has 0 N–H and O–H groups in total. The van der Waals surface area contributed by atoms with Crippen molar-refractivity contribution in [1.82, 2.24) is 0 Å². The van der Waals surface area contributed by atoms with Crippen molar-refractivity contribution in [3.05, 3.63) is 23.3 Å². The third-order valence-corrected chi connectivity index (χ3v) is 1.65. The fourth-order valence-corrected chi connectivity index (χ4v) is 1.53. The van der Waals surface area contributed by atoms with Gasteiger partial charge in [-0.1, -0.05) is 37.1 Å². The van der Waals surface area contributed by atoms with Crippen molar-refractivity contribution in [3.63, 3.8) is 0 Å². The Labute approximate surface area is 82.5 Å². The van der Waals surface area contributed by atoms with Gasteiger partial charge in [0.1, 0.15) is 0 Å². The topological polar surface area (TPSA) is 9.23 Å². The number of hydrogen-bond acceptors (Lipinski definition) is 1. The number of hydrogen-bond donors (Lipinski definition) is 0. The first kappa shape index (κ1) is 12.4. The zero-order valence-corrected chi connectivity index (χ0v) is 9.77. The molecule has 0 fully saturated rings. The standard InChI is InChI=1S/C12H22O/c1-10(2)7-11(3)8-12(4,5)9-13-6/h7-8H,9H2,1-6H3/b11-8+. The average molecular weight is 182 g/mol. The molecule has 0 saturated heterocycles. The Balaban J connectivity index is 4.44. The molecule has 0 aromatic carbocycles. The summed E-state index contributed by atoms with van der Waals surface area (Å²) in [6, 6.07) is 0. The molecule has 13 heavy (non-hydrogen) atoms. The molecule has 76 valence electrons. The van der Waals surface area contributed by atoms with Crippen LogP contribution in [0, 0.1) is 5.41 Å². The maximum Gasteiger partial charge on any atom is 0.0548 e. The van der Waals surface area contributed by atoms with Crippen molar-refractivity contribution in [2.75, 3.05) is 13.7 Å². The second-order valence-corrected chi connectivity index (χ2v) is 4.53. The Morgan fingerprint density at radius 2 is 1.77 bits per heavy atom. The molecule has 0 atom stereocenters. The minimum absolute atomic E-state index is 0.130. The van der Waals surface area contributed by atoms with Crippen molar-refractivity contribution in [3.8, 4) is 0 Å². The van der Waals surface area contributed by atoms with E-state index in [0.717, 1.165) is 6.61 Å². The molecule has 0 aromatic rings. The smallest absolute Gasteiger partial charge is 0.0548 e. The largest absolute Gasteiger partial charge is 0.384 e. The van der Waals surface area contributed by atoms with E-state index in [0.29, 0.717) is 0 Å². The highest BCUT2D eigenvalue weighted by molar-refractivity contribution is 5.21. The van der Waals surface area contributed by atoms with Gasteiger partial charge < -0.3 is 4.74 Å². The lowest BCUT2D eigenvalue weighted by Crippen LogP contribution is -2.15. The predicted molar refractivity (Wildman–Crippen MR) is 58.8 cm³/mol. The second-order valence-electron chi connectivity index (χ2n) is 4.53. The molecular formula is C12H22O. The number of rotatable bonds is 4. The lowest BCUT2D eigenvalue weighted by atomic mass is 9.92. The maximum atomic E-state index is 5.15. The molecule has 0 spiro atoms. The molecule has 0 unspecified atom stereocenters. The molecule has 0 amide bonds. The van der Waals surface area contributed by atoms with Gasteiger partial charge in [-0.05, 0) is 20.8 Å². The Morgan fingerprint density at radius 3 is 2.15 bits per heavy atom. The SMILES string of the molecule is COCC(C)(C)/C=C(\C)C=C(C)C. The van der Waals surface area contributed by atoms with Crippen LogP contribution in [0.25, 0.3) is 0 Å². The lowest BCUT2D eigenvalue weighted by Gasteiger charge is -2.19. The van der Waals surface area contributed by atoms with E-state index in [1.54, 1.807) is 7.11 Å². The van der Waals surface area contributed by atoms with E-state index < -0.39 is 0 Å². The average Bonchev–Trinajstić information content (AvgIpc) is 1.81. The summed E-state index contributed by atoms with van der Waals surface area (Å²) in [5, 5.41) is 0. The van der Waals surface area contributed by atoms with Crippen LogP contribution in [0.3, 0.4) is 0 Å². The van der Waals surface area contributed by atoms with E-state index in [2.05, 4.69) is 46.8 Å². The molecule has 0 saturated carbocycles. The minimum atomic E-state index is 0.130. The van der Waals surface area contributed by atoms with Gasteiger partial charge in [0.25, 0.3) is 0 Å². The summed E-state index contributed by atoms with van der Waals surface area (Å²) in [5.41, 5.74) is 2.77. The molecule has 0 aliphatic rings. The van der Waals surface area contributed by atoms with Gasteiger partial charge in [-0.2, -0.15) is 0 Å². The fourth-order valence-electron chi connectivity index (χ4n) is 1.53. The van der Waals surface area contributed by atoms with Crippen molar-refractivity contribution < 1.29 is 4.74 Å². The molecule has 1 nitrogen and oxygen atoms in total. The monoisotopic (exact) mass is 182 g/mol. The summed E-state index contributed by atoms with van der Waals surface area (Å²) in [5.74, 6) is 0. The highest BCUT2D eigenvalue weighted by Gasteiger charge is 2.13. The Hall–Kier alpha value is -0.560.